The lowest BCUT2D eigenvalue weighted by Gasteiger charge is -2.25. The molecule has 2 aromatic carbocycles. The van der Waals surface area contributed by atoms with Crippen molar-refractivity contribution in [3.63, 3.8) is 0 Å². The Bertz CT molecular complexity index is 810. The molecule has 0 bridgehead atoms. The monoisotopic (exact) mass is 398 g/mol. The van der Waals surface area contributed by atoms with Crippen LogP contribution in [0.4, 0.5) is 11.4 Å². The van der Waals surface area contributed by atoms with Gasteiger partial charge in [0.2, 0.25) is 0 Å². The Labute approximate surface area is 171 Å². The number of carbonyl (C=O) groups excluding carboxylic acids is 1. The quantitative estimate of drug-likeness (QED) is 0.627. The third kappa shape index (κ3) is 5.34. The molecule has 5 N–H and O–H groups in total. The van der Waals surface area contributed by atoms with Gasteiger partial charge in [0.05, 0.1) is 16.9 Å². The standard InChI is InChI=1S/C20H23N3O2.CH5N.CH2O/c1-13-3-2-10-23(13)12-19-21-17-9-8-16(11-18(17)22-19)14-4-6-15(7-5-14)20(24)25;2*1-2/h4-9,11,13,19,21-22H,2-3,10,12H2,1H3,(H,24,25);2H2,1H3;1H2. The number of aromatic carboxylic acids is 1. The van der Waals surface area contributed by atoms with Gasteiger partial charge in [-0.05, 0) is 68.8 Å². The fourth-order valence-electron chi connectivity index (χ4n) is 3.78. The normalized spacial score (nSPS) is 19.6. The SMILES string of the molecule is C=O.CC1CCCN1CC1Nc2ccc(-c3ccc(C(=O)O)cc3)cc2N1.CN. The predicted molar refractivity (Wildman–Crippen MR) is 117 cm³/mol. The van der Waals surface area contributed by atoms with Crippen LogP contribution in [-0.2, 0) is 4.79 Å². The van der Waals surface area contributed by atoms with E-state index in [1.54, 1.807) is 12.1 Å². The summed E-state index contributed by atoms with van der Waals surface area (Å²) in [4.78, 5) is 21.5. The van der Waals surface area contributed by atoms with E-state index in [0.717, 1.165) is 29.0 Å². The summed E-state index contributed by atoms with van der Waals surface area (Å²) in [6.45, 7) is 6.48. The number of nitrogens with two attached hydrogens (primary N) is 1. The Morgan fingerprint density at radius 3 is 2.31 bits per heavy atom. The molecule has 0 aliphatic carbocycles. The average Bonchev–Trinajstić information content (AvgIpc) is 3.36. The lowest BCUT2D eigenvalue weighted by Crippen LogP contribution is -2.40. The van der Waals surface area contributed by atoms with Crippen molar-refractivity contribution >= 4 is 24.1 Å². The molecular weight excluding hydrogens is 368 g/mol. The lowest BCUT2D eigenvalue weighted by atomic mass is 10.0. The van der Waals surface area contributed by atoms with E-state index in [4.69, 9.17) is 9.90 Å². The van der Waals surface area contributed by atoms with Crippen LogP contribution >= 0.6 is 0 Å². The number of likely N-dealkylation sites (tertiary alicyclic amines) is 1. The third-order valence-electron chi connectivity index (χ3n) is 5.25. The Kier molecular flexibility index (Phi) is 8.18. The first-order valence-electron chi connectivity index (χ1n) is 9.72. The molecule has 156 valence electrons. The van der Waals surface area contributed by atoms with E-state index in [1.165, 1.54) is 26.4 Å². The molecule has 2 aliphatic rings. The second kappa shape index (κ2) is 10.6. The first kappa shape index (κ1) is 22.4. The summed E-state index contributed by atoms with van der Waals surface area (Å²) in [5, 5.41) is 16.1. The number of benzene rings is 2. The van der Waals surface area contributed by atoms with Crippen molar-refractivity contribution in [1.29, 1.82) is 0 Å². The van der Waals surface area contributed by atoms with E-state index in [9.17, 15) is 4.79 Å². The summed E-state index contributed by atoms with van der Waals surface area (Å²) < 4.78 is 0. The first-order chi connectivity index (χ1) is 14.1. The van der Waals surface area contributed by atoms with E-state index in [1.807, 2.05) is 18.9 Å². The summed E-state index contributed by atoms with van der Waals surface area (Å²) in [7, 11) is 1.50. The van der Waals surface area contributed by atoms with Crippen LogP contribution in [0.15, 0.2) is 42.5 Å². The zero-order valence-corrected chi connectivity index (χ0v) is 17.0. The summed E-state index contributed by atoms with van der Waals surface area (Å²) in [5.41, 5.74) is 9.15. The van der Waals surface area contributed by atoms with Gasteiger partial charge < -0.3 is 26.3 Å². The van der Waals surface area contributed by atoms with Gasteiger partial charge in [-0.3, -0.25) is 4.90 Å². The highest BCUT2D eigenvalue weighted by Gasteiger charge is 2.26. The number of carbonyl (C=O) groups is 2. The highest BCUT2D eigenvalue weighted by atomic mass is 16.4. The fraction of sp³-hybridized carbons (Fsp3) is 0.364. The summed E-state index contributed by atoms with van der Waals surface area (Å²) in [5.74, 6) is -0.898. The molecule has 4 rings (SSSR count). The molecule has 29 heavy (non-hydrogen) atoms. The van der Waals surface area contributed by atoms with Gasteiger partial charge in [0, 0.05) is 12.6 Å². The first-order valence-corrected chi connectivity index (χ1v) is 9.72. The molecule has 0 aromatic heterocycles. The lowest BCUT2D eigenvalue weighted by molar-refractivity contribution is -0.0980. The topological polar surface area (TPSA) is 108 Å². The van der Waals surface area contributed by atoms with Crippen LogP contribution in [0.25, 0.3) is 11.1 Å². The van der Waals surface area contributed by atoms with E-state index < -0.39 is 5.97 Å². The van der Waals surface area contributed by atoms with Crippen molar-refractivity contribution in [3.05, 3.63) is 48.0 Å². The van der Waals surface area contributed by atoms with Crippen LogP contribution in [0.3, 0.4) is 0 Å². The maximum absolute atomic E-state index is 11.0. The van der Waals surface area contributed by atoms with Gasteiger partial charge in [0.25, 0.3) is 0 Å². The highest BCUT2D eigenvalue weighted by molar-refractivity contribution is 5.88. The van der Waals surface area contributed by atoms with Crippen molar-refractivity contribution in [3.8, 4) is 11.1 Å². The zero-order chi connectivity index (χ0) is 21.4. The number of anilines is 2. The number of fused-ring (bicyclic) bond motifs is 1. The second-order valence-electron chi connectivity index (χ2n) is 6.97. The van der Waals surface area contributed by atoms with Gasteiger partial charge in [-0.1, -0.05) is 18.2 Å². The number of nitrogens with zero attached hydrogens (tertiary/aromatic N) is 1. The molecule has 7 heteroatoms. The smallest absolute Gasteiger partial charge is 0.335 e. The number of hydrogen-bond donors (Lipinski definition) is 4. The van der Waals surface area contributed by atoms with E-state index >= 15 is 0 Å². The van der Waals surface area contributed by atoms with Crippen LogP contribution in [-0.4, -0.2) is 55.1 Å². The molecular formula is C22H30N4O3. The molecule has 1 saturated heterocycles. The Morgan fingerprint density at radius 1 is 1.10 bits per heavy atom. The van der Waals surface area contributed by atoms with E-state index in [2.05, 4.69) is 46.4 Å². The van der Waals surface area contributed by atoms with Gasteiger partial charge in [-0.25, -0.2) is 4.79 Å². The largest absolute Gasteiger partial charge is 0.478 e. The predicted octanol–water partition coefficient (Wildman–Crippen LogP) is 3.09. The van der Waals surface area contributed by atoms with Crippen molar-refractivity contribution < 1.29 is 14.7 Å². The Morgan fingerprint density at radius 2 is 1.72 bits per heavy atom. The van der Waals surface area contributed by atoms with Crippen molar-refractivity contribution in [2.24, 2.45) is 5.73 Å². The maximum Gasteiger partial charge on any atom is 0.335 e. The maximum atomic E-state index is 11.0. The van der Waals surface area contributed by atoms with Crippen LogP contribution in [0.5, 0.6) is 0 Å². The highest BCUT2D eigenvalue weighted by Crippen LogP contribution is 2.34. The zero-order valence-electron chi connectivity index (χ0n) is 17.0. The van der Waals surface area contributed by atoms with Crippen LogP contribution in [0.1, 0.15) is 30.1 Å². The minimum absolute atomic E-state index is 0.236. The van der Waals surface area contributed by atoms with Gasteiger partial charge in [0.15, 0.2) is 0 Å². The third-order valence-corrected chi connectivity index (χ3v) is 5.25. The molecule has 0 saturated carbocycles. The van der Waals surface area contributed by atoms with E-state index in [0.29, 0.717) is 11.6 Å². The Hall–Kier alpha value is -2.90. The number of carboxylic acid groups (broad SMARTS) is 1. The van der Waals surface area contributed by atoms with Crippen LogP contribution < -0.4 is 16.4 Å². The number of carboxylic acids is 1. The van der Waals surface area contributed by atoms with Crippen molar-refractivity contribution in [1.82, 2.24) is 4.90 Å². The second-order valence-corrected chi connectivity index (χ2v) is 6.97. The summed E-state index contributed by atoms with van der Waals surface area (Å²) in [6, 6.07) is 14.0. The minimum Gasteiger partial charge on any atom is -0.478 e. The van der Waals surface area contributed by atoms with Crippen molar-refractivity contribution in [2.45, 2.75) is 32.0 Å². The minimum atomic E-state index is -0.898. The molecule has 0 amide bonds. The molecule has 0 radical (unpaired) electrons. The number of hydrogen-bond acceptors (Lipinski definition) is 6. The molecule has 2 heterocycles. The van der Waals surface area contributed by atoms with E-state index in [-0.39, 0.29) is 6.17 Å². The summed E-state index contributed by atoms with van der Waals surface area (Å²) >= 11 is 0. The molecule has 2 aliphatic heterocycles. The van der Waals surface area contributed by atoms with Crippen LogP contribution in [0, 0.1) is 0 Å². The van der Waals surface area contributed by atoms with Gasteiger partial charge in [-0.15, -0.1) is 0 Å². The van der Waals surface area contributed by atoms with Crippen molar-refractivity contribution in [2.75, 3.05) is 30.8 Å². The molecule has 1 fully saturated rings. The molecule has 2 unspecified atom stereocenters. The average molecular weight is 399 g/mol. The summed E-state index contributed by atoms with van der Waals surface area (Å²) in [6.07, 6.45) is 2.81. The fourth-order valence-corrected chi connectivity index (χ4v) is 3.78. The molecule has 0 spiro atoms. The molecule has 2 atom stereocenters. The molecule has 7 nitrogen and oxygen atoms in total. The van der Waals surface area contributed by atoms with Gasteiger partial charge >= 0.3 is 5.97 Å². The Balaban J connectivity index is 0.000000707. The number of rotatable bonds is 4. The van der Waals surface area contributed by atoms with Gasteiger partial charge in [-0.2, -0.15) is 0 Å². The van der Waals surface area contributed by atoms with Gasteiger partial charge in [0.1, 0.15) is 13.0 Å². The van der Waals surface area contributed by atoms with Crippen LogP contribution in [0.2, 0.25) is 0 Å². The molecule has 2 aromatic rings. The number of nitrogens with one attached hydrogen (secondary N) is 2.